The molecule has 0 radical (unpaired) electrons. The van der Waals surface area contributed by atoms with Gasteiger partial charge in [-0.05, 0) is 13.3 Å². The summed E-state index contributed by atoms with van der Waals surface area (Å²) >= 11 is 19.1. The first-order valence-electron chi connectivity index (χ1n) is 13.4. The Morgan fingerprint density at radius 3 is 1.47 bits per heavy atom. The number of cyclic esters (lactones) is 1. The summed E-state index contributed by atoms with van der Waals surface area (Å²) in [6, 6.07) is 0. The van der Waals surface area contributed by atoms with Gasteiger partial charge in [-0.2, -0.15) is 25.3 Å². The molecule has 47 heavy (non-hydrogen) atoms. The van der Waals surface area contributed by atoms with E-state index in [4.69, 9.17) is 47.0 Å². The van der Waals surface area contributed by atoms with Crippen LogP contribution in [-0.4, -0.2) is 146 Å². The van der Waals surface area contributed by atoms with Crippen LogP contribution in [0, 0.1) is 21.7 Å². The van der Waals surface area contributed by atoms with Crippen LogP contribution in [0.2, 0.25) is 0 Å². The Morgan fingerprint density at radius 1 is 0.894 bits per heavy atom. The quantitative estimate of drug-likeness (QED) is 0.0260. The van der Waals surface area contributed by atoms with Crippen LogP contribution in [0.3, 0.4) is 0 Å². The molecule has 1 spiro atoms. The molecule has 3 heterocycles. The number of hydrogen-bond acceptors (Lipinski definition) is 17. The van der Waals surface area contributed by atoms with Crippen LogP contribution in [-0.2, 0) is 27.8 Å². The Labute approximate surface area is 357 Å². The third-order valence-corrected chi connectivity index (χ3v) is 16.0. The predicted molar refractivity (Wildman–Crippen MR) is 213 cm³/mol. The second-order valence-corrected chi connectivity index (χ2v) is 17.4. The van der Waals surface area contributed by atoms with Gasteiger partial charge in [0.2, 0.25) is 0 Å². The minimum absolute atomic E-state index is 0. The fourth-order valence-electron chi connectivity index (χ4n) is 2.62. The Morgan fingerprint density at radius 2 is 1.30 bits per heavy atom. The number of esters is 1. The molecule has 3 aliphatic rings. The zero-order valence-corrected chi connectivity index (χ0v) is 38.5. The number of rotatable bonds is 11. The topological polar surface area (TPSA) is 205 Å². The first-order valence-corrected chi connectivity index (χ1v) is 22.2. The van der Waals surface area contributed by atoms with Crippen molar-refractivity contribution in [1.29, 1.82) is 0 Å². The van der Waals surface area contributed by atoms with Crippen molar-refractivity contribution in [1.82, 2.24) is 0 Å². The van der Waals surface area contributed by atoms with Crippen molar-refractivity contribution in [2.45, 2.75) is 19.8 Å². The first kappa shape index (κ1) is 59.6. The number of thiol groups is 3. The van der Waals surface area contributed by atoms with E-state index in [-0.39, 0.29) is 105 Å². The molecule has 0 bridgehead atoms. The van der Waals surface area contributed by atoms with E-state index in [2.05, 4.69) is 61.9 Å². The van der Waals surface area contributed by atoms with Gasteiger partial charge in [-0.25, -0.2) is 4.79 Å². The summed E-state index contributed by atoms with van der Waals surface area (Å²) in [4.78, 5) is 20.4. The van der Waals surface area contributed by atoms with Gasteiger partial charge >= 0.3 is 41.0 Å². The second-order valence-electron chi connectivity index (χ2n) is 10.4. The van der Waals surface area contributed by atoms with Crippen molar-refractivity contribution in [3.05, 3.63) is 0 Å². The van der Waals surface area contributed by atoms with Crippen LogP contribution in [0.5, 0.6) is 0 Å². The van der Waals surface area contributed by atoms with Crippen molar-refractivity contribution in [3.63, 3.8) is 0 Å². The van der Waals surface area contributed by atoms with Gasteiger partial charge in [0.1, 0.15) is 0 Å². The van der Waals surface area contributed by atoms with Crippen molar-refractivity contribution in [2.75, 3.05) is 98.0 Å². The predicted octanol–water partition coefficient (Wildman–Crippen LogP) is -0.0877. The number of carbonyl (C=O) groups excluding carboxylic acids is 2. The van der Waals surface area contributed by atoms with Gasteiger partial charge in [-0.1, -0.05) is 75.0 Å². The molecule has 0 amide bonds. The maximum atomic E-state index is 10.8. The molecular weight excluding hydrogens is 919 g/mol. The molecule has 0 unspecified atom stereocenters. The largest absolute Gasteiger partial charge is 1.00 e. The number of carbonyl (C=O) groups is 2. The van der Waals surface area contributed by atoms with Gasteiger partial charge in [-0.15, -0.1) is 0 Å². The number of halogens is 3. The minimum Gasteiger partial charge on any atom is -0.813 e. The molecule has 8 N–H and O–H groups in total. The monoisotopic (exact) mass is 966 g/mol. The fourth-order valence-corrected chi connectivity index (χ4v) is 12.0. The Balaban J connectivity index is -0.000000156. The summed E-state index contributed by atoms with van der Waals surface area (Å²) in [6.45, 7) is 2.81. The van der Waals surface area contributed by atoms with Crippen molar-refractivity contribution in [2.24, 2.45) is 21.7 Å². The van der Waals surface area contributed by atoms with E-state index in [0.717, 1.165) is 29.4 Å². The van der Waals surface area contributed by atoms with Crippen LogP contribution in [0.4, 0.5) is 4.79 Å². The van der Waals surface area contributed by atoms with Gasteiger partial charge in [0.05, 0.1) is 52.9 Å². The molecular formula is C25H50Br2ClNaO11S7. The summed E-state index contributed by atoms with van der Waals surface area (Å²) < 4.78 is 9.22. The summed E-state index contributed by atoms with van der Waals surface area (Å²) in [5, 5.41) is 53.8. The maximum Gasteiger partial charge on any atom is 1.00 e. The molecule has 22 heteroatoms. The number of alkyl halides is 2. The molecule has 0 aliphatic carbocycles. The molecule has 0 aromatic carbocycles. The van der Waals surface area contributed by atoms with Gasteiger partial charge in [0, 0.05) is 84.9 Å². The van der Waals surface area contributed by atoms with Crippen LogP contribution < -0.4 is 29.6 Å². The number of hydrogen-bond donors (Lipinski definition) is 8. The van der Waals surface area contributed by atoms with E-state index >= 15 is 0 Å². The van der Waals surface area contributed by atoms with Crippen molar-refractivity contribution < 1.29 is 84.7 Å². The first-order chi connectivity index (χ1) is 20.9. The molecule has 3 fully saturated rings. The molecule has 0 aromatic rings. The zero-order valence-electron chi connectivity index (χ0n) is 26.7. The van der Waals surface area contributed by atoms with E-state index in [9.17, 15) is 9.59 Å². The standard InChI is InChI=1S/C7H10O2S2.C5H10Br2O2.C5H10O2S2.C5H12O2S2.C3H5ClO2.Na.H2O.H2S/c8-6-1-2-7(3-9-6)4-10-11-5-7;6-1-5(2-7,3-8)4-9;6-1-5(2-7)3-8-9-4-5;6-1-5(2-7,3-8)4-9;1-2-6-3(4)5;;;/h1-5H2;8-9H,1-4H2;6-7H,1-4H2;6-9H,1-4H2;2H2,1H3;;2*1H2/q;;;;;+1;;/p-1. The molecule has 3 aliphatic heterocycles. The molecule has 280 valence electrons. The Hall–Kier alpha value is 3.36. The summed E-state index contributed by atoms with van der Waals surface area (Å²) in [5.74, 6) is 4.98. The average molecular weight is 969 g/mol. The van der Waals surface area contributed by atoms with E-state index in [1.807, 2.05) is 21.6 Å². The van der Waals surface area contributed by atoms with Crippen LogP contribution in [0.25, 0.3) is 0 Å². The van der Waals surface area contributed by atoms with Crippen molar-refractivity contribution >= 4 is 137 Å². The summed E-state index contributed by atoms with van der Waals surface area (Å²) in [7, 11) is 7.27. The third kappa shape index (κ3) is 25.1. The molecule has 0 aromatic heterocycles. The summed E-state index contributed by atoms with van der Waals surface area (Å²) in [5.41, 5.74) is -1.47. The van der Waals surface area contributed by atoms with E-state index in [1.54, 1.807) is 28.5 Å². The Bertz CT molecular complexity index is 673. The van der Waals surface area contributed by atoms with Crippen LogP contribution in [0.15, 0.2) is 0 Å². The smallest absolute Gasteiger partial charge is 0.813 e. The van der Waals surface area contributed by atoms with E-state index in [1.165, 1.54) is 0 Å². The van der Waals surface area contributed by atoms with E-state index in [0.29, 0.717) is 47.2 Å². The van der Waals surface area contributed by atoms with Gasteiger partial charge in [0.25, 0.3) is 0 Å². The SMILES string of the molecule is CCOC(=O)Cl.O.O=C1CCC2(CO1)CSSC2.OCC(CO)(CBr)CBr.OCC(CO)(CS)CS.OCC1(CO)CSSC1.[Na+].[SH-]. The van der Waals surface area contributed by atoms with Crippen molar-refractivity contribution in [3.8, 4) is 0 Å². The molecule has 0 atom stereocenters. The summed E-state index contributed by atoms with van der Waals surface area (Å²) in [6.07, 6.45) is 1.66. The number of aliphatic hydroxyl groups is 6. The average Bonchev–Trinajstić information content (AvgIpc) is 3.74. The van der Waals surface area contributed by atoms with Gasteiger partial charge in [-0.3, -0.25) is 4.79 Å². The minimum atomic E-state index is -0.738. The molecule has 3 saturated heterocycles. The second kappa shape index (κ2) is 35.1. The third-order valence-electron chi connectivity index (χ3n) is 6.53. The van der Waals surface area contributed by atoms with Crippen LogP contribution in [0.1, 0.15) is 19.8 Å². The Kier molecular flexibility index (Phi) is 44.5. The number of aliphatic hydroxyl groups excluding tert-OH is 6. The van der Waals surface area contributed by atoms with E-state index < -0.39 is 10.8 Å². The van der Waals surface area contributed by atoms with Gasteiger partial charge in [0.15, 0.2) is 0 Å². The van der Waals surface area contributed by atoms with Crippen LogP contribution >= 0.6 is 112 Å². The zero-order chi connectivity index (χ0) is 34.1. The van der Waals surface area contributed by atoms with Gasteiger partial charge < -0.3 is 59.1 Å². The normalized spacial score (nSPS) is 17.1. The molecule has 11 nitrogen and oxygen atoms in total. The maximum absolute atomic E-state index is 10.8. The molecule has 0 saturated carbocycles. The fraction of sp³-hybridized carbons (Fsp3) is 0.920. The molecule has 3 rings (SSSR count). The number of ether oxygens (including phenoxy) is 2.